The number of phenolic OH excluding ortho intramolecular Hbond substituents is 1. The van der Waals surface area contributed by atoms with Crippen molar-refractivity contribution in [3.05, 3.63) is 113 Å². The van der Waals surface area contributed by atoms with E-state index in [0.717, 1.165) is 13.0 Å². The summed E-state index contributed by atoms with van der Waals surface area (Å²) < 4.78 is 94.3. The van der Waals surface area contributed by atoms with Crippen LogP contribution in [0, 0.1) is 6.92 Å². The number of ketones is 1. The Morgan fingerprint density at radius 1 is 0.652 bits per heavy atom. The molecule has 0 radical (unpaired) electrons. The van der Waals surface area contributed by atoms with Crippen LogP contribution in [0.2, 0.25) is 0 Å². The van der Waals surface area contributed by atoms with E-state index in [-0.39, 0.29) is 22.6 Å². The molecule has 2 amide bonds. The van der Waals surface area contributed by atoms with Crippen LogP contribution in [0.4, 0.5) is 37.7 Å². The van der Waals surface area contributed by atoms with Gasteiger partial charge in [-0.2, -0.15) is 26.3 Å². The van der Waals surface area contributed by atoms with E-state index in [9.17, 15) is 45.8 Å². The molecular formula is C33H26F6N2O5. The minimum Gasteiger partial charge on any atom is -0.506 e. The molecule has 0 aliphatic carbocycles. The first-order chi connectivity index (χ1) is 21.4. The maximum atomic E-state index is 14.8. The third-order valence-corrected chi connectivity index (χ3v) is 7.12. The van der Waals surface area contributed by atoms with E-state index in [1.807, 2.05) is 5.32 Å². The maximum absolute atomic E-state index is 14.8. The molecule has 0 saturated carbocycles. The van der Waals surface area contributed by atoms with Crippen molar-refractivity contribution in [2.24, 2.45) is 0 Å². The molecule has 7 nitrogen and oxygen atoms in total. The molecule has 4 aromatic rings. The largest absolute Gasteiger partial charge is 0.506 e. The number of carbonyl (C=O) groups excluding carboxylic acids is 3. The first-order valence-electron chi connectivity index (χ1n) is 13.5. The lowest BCUT2D eigenvalue weighted by atomic mass is 9.72. The fourth-order valence-electron chi connectivity index (χ4n) is 4.79. The smallest absolute Gasteiger partial charge is 0.411 e. The number of anilines is 2. The number of ether oxygens (including phenoxy) is 1. The van der Waals surface area contributed by atoms with Crippen LogP contribution in [-0.2, 0) is 10.2 Å². The number of halogens is 6. The number of amides is 2. The average molecular weight is 645 g/mol. The van der Waals surface area contributed by atoms with Gasteiger partial charge in [0.15, 0.2) is 5.78 Å². The van der Waals surface area contributed by atoms with Gasteiger partial charge in [-0.3, -0.25) is 14.4 Å². The van der Waals surface area contributed by atoms with Crippen molar-refractivity contribution in [2.45, 2.75) is 38.5 Å². The van der Waals surface area contributed by atoms with Crippen molar-refractivity contribution in [1.29, 1.82) is 0 Å². The number of hydrogen-bond donors (Lipinski definition) is 3. The van der Waals surface area contributed by atoms with E-state index in [0.29, 0.717) is 47.4 Å². The minimum absolute atomic E-state index is 0.0282. The van der Waals surface area contributed by atoms with Gasteiger partial charge < -0.3 is 20.5 Å². The van der Waals surface area contributed by atoms with Crippen LogP contribution in [0.25, 0.3) is 0 Å². The van der Waals surface area contributed by atoms with Crippen LogP contribution in [-0.4, -0.2) is 35.1 Å². The molecule has 46 heavy (non-hydrogen) atoms. The number of hydrogen-bond acceptors (Lipinski definition) is 5. The Morgan fingerprint density at radius 2 is 1.13 bits per heavy atom. The van der Waals surface area contributed by atoms with Gasteiger partial charge >= 0.3 is 12.4 Å². The van der Waals surface area contributed by atoms with Gasteiger partial charge in [-0.05, 0) is 97.3 Å². The van der Waals surface area contributed by atoms with Crippen LogP contribution < -0.4 is 15.4 Å². The van der Waals surface area contributed by atoms with Gasteiger partial charge in [-0.25, -0.2) is 0 Å². The summed E-state index contributed by atoms with van der Waals surface area (Å²) in [4.78, 5) is 36.0. The van der Waals surface area contributed by atoms with Gasteiger partial charge in [0.05, 0.1) is 5.69 Å². The van der Waals surface area contributed by atoms with Gasteiger partial charge in [0.1, 0.15) is 17.2 Å². The molecule has 4 aromatic carbocycles. The zero-order valence-corrected chi connectivity index (χ0v) is 24.4. The van der Waals surface area contributed by atoms with E-state index in [2.05, 4.69) is 5.32 Å². The molecule has 4 rings (SSSR count). The number of nitrogens with one attached hydrogen (secondary N) is 2. The van der Waals surface area contributed by atoms with Gasteiger partial charge in [0.2, 0.25) is 11.3 Å². The second kappa shape index (κ2) is 12.6. The lowest BCUT2D eigenvalue weighted by molar-refractivity contribution is -0.288. The highest BCUT2D eigenvalue weighted by Gasteiger charge is 2.72. The SMILES string of the molecule is CC(=O)Nc1cc(C(c2ccc(C)c(NC(=O)c3ccc(Oc4ccc(C(C)=O)cc4)cc3)c2)(C(F)(F)F)C(F)(F)F)ccc1O. The summed E-state index contributed by atoms with van der Waals surface area (Å²) in [5.41, 5.74) is -7.46. The van der Waals surface area contributed by atoms with E-state index in [4.69, 9.17) is 4.74 Å². The van der Waals surface area contributed by atoms with Crippen molar-refractivity contribution in [2.75, 3.05) is 10.6 Å². The molecule has 0 heterocycles. The summed E-state index contributed by atoms with van der Waals surface area (Å²) in [7, 11) is 0. The summed E-state index contributed by atoms with van der Waals surface area (Å²) in [5, 5.41) is 14.4. The number of benzene rings is 4. The van der Waals surface area contributed by atoms with Crippen molar-refractivity contribution in [1.82, 2.24) is 0 Å². The molecule has 0 bridgehead atoms. The standard InChI is InChI=1S/C33H26F6N2O5/c1-18-4-9-23(31(32(34,35)36,33(37,38)39)24-10-15-29(44)28(17-24)40-20(3)43)16-27(18)41-30(45)22-7-13-26(14-8-22)46-25-11-5-21(6-12-25)19(2)42/h4-17,44H,1-3H3,(H,40,43)(H,41,45). The van der Waals surface area contributed by atoms with Crippen LogP contribution in [0.3, 0.4) is 0 Å². The zero-order chi connectivity index (χ0) is 34.0. The summed E-state index contributed by atoms with van der Waals surface area (Å²) in [6, 6.07) is 15.7. The molecule has 13 heteroatoms. The van der Waals surface area contributed by atoms with Gasteiger partial charge in [0, 0.05) is 23.7 Å². The van der Waals surface area contributed by atoms with Gasteiger partial charge in [-0.15, -0.1) is 0 Å². The van der Waals surface area contributed by atoms with E-state index >= 15 is 0 Å². The number of rotatable bonds is 8. The number of aryl methyl sites for hydroxylation is 1. The van der Waals surface area contributed by atoms with Crippen molar-refractivity contribution >= 4 is 29.0 Å². The molecule has 240 valence electrons. The van der Waals surface area contributed by atoms with E-state index in [1.54, 1.807) is 24.3 Å². The highest BCUT2D eigenvalue weighted by molar-refractivity contribution is 6.04. The van der Waals surface area contributed by atoms with Crippen molar-refractivity contribution in [3.8, 4) is 17.2 Å². The van der Waals surface area contributed by atoms with Gasteiger partial charge in [0.25, 0.3) is 5.91 Å². The topological polar surface area (TPSA) is 105 Å². The van der Waals surface area contributed by atoms with E-state index < -0.39 is 52.1 Å². The predicted octanol–water partition coefficient (Wildman–Crippen LogP) is 8.32. The Kier molecular flexibility index (Phi) is 9.18. The lowest BCUT2D eigenvalue weighted by Crippen LogP contribution is -2.54. The summed E-state index contributed by atoms with van der Waals surface area (Å²) in [6.07, 6.45) is -11.9. The number of alkyl halides is 6. The van der Waals surface area contributed by atoms with Crippen LogP contribution >= 0.6 is 0 Å². The Labute approximate surface area is 258 Å². The lowest BCUT2D eigenvalue weighted by Gasteiger charge is -2.38. The molecule has 0 aliphatic heterocycles. The maximum Gasteiger partial charge on any atom is 0.411 e. The van der Waals surface area contributed by atoms with Crippen LogP contribution in [0.15, 0.2) is 84.9 Å². The van der Waals surface area contributed by atoms with Crippen molar-refractivity contribution < 1.29 is 50.6 Å². The first-order valence-corrected chi connectivity index (χ1v) is 13.5. The molecule has 0 fully saturated rings. The quantitative estimate of drug-likeness (QED) is 0.102. The average Bonchev–Trinajstić information content (AvgIpc) is 2.95. The molecule has 0 spiro atoms. The Morgan fingerprint density at radius 3 is 1.61 bits per heavy atom. The summed E-state index contributed by atoms with van der Waals surface area (Å²) >= 11 is 0. The normalized spacial score (nSPS) is 11.9. The van der Waals surface area contributed by atoms with E-state index in [1.165, 1.54) is 38.1 Å². The van der Waals surface area contributed by atoms with Gasteiger partial charge in [-0.1, -0.05) is 18.2 Å². The molecule has 0 aliphatic rings. The fraction of sp³-hybridized carbons (Fsp3) is 0.182. The first kappa shape index (κ1) is 33.6. The minimum atomic E-state index is -5.96. The Hall–Kier alpha value is -5.33. The highest BCUT2D eigenvalue weighted by Crippen LogP contribution is 2.57. The van der Waals surface area contributed by atoms with Crippen LogP contribution in [0.5, 0.6) is 17.2 Å². The number of carbonyl (C=O) groups is 3. The fourth-order valence-corrected chi connectivity index (χ4v) is 4.79. The van der Waals surface area contributed by atoms with Crippen LogP contribution in [0.1, 0.15) is 51.3 Å². The summed E-state index contributed by atoms with van der Waals surface area (Å²) in [5.74, 6) is -1.79. The number of aromatic hydroxyl groups is 1. The molecule has 0 unspecified atom stereocenters. The van der Waals surface area contributed by atoms with Crippen molar-refractivity contribution in [3.63, 3.8) is 0 Å². The highest BCUT2D eigenvalue weighted by atomic mass is 19.4. The zero-order valence-electron chi connectivity index (χ0n) is 24.4. The monoisotopic (exact) mass is 644 g/mol. The predicted molar refractivity (Wildman–Crippen MR) is 157 cm³/mol. The third-order valence-electron chi connectivity index (χ3n) is 7.12. The molecule has 0 saturated heterocycles. The Balaban J connectivity index is 1.69. The second-order valence-corrected chi connectivity index (χ2v) is 10.3. The second-order valence-electron chi connectivity index (χ2n) is 10.3. The Bertz CT molecular complexity index is 1770. The molecule has 0 atom stereocenters. The third kappa shape index (κ3) is 6.67. The number of Topliss-reactive ketones (excluding diaryl/α,β-unsaturated/α-hetero) is 1. The number of phenols is 1. The molecular weight excluding hydrogens is 618 g/mol. The molecule has 0 aromatic heterocycles. The molecule has 3 N–H and O–H groups in total. The summed E-state index contributed by atoms with van der Waals surface area (Å²) in [6.45, 7) is 3.78.